The summed E-state index contributed by atoms with van der Waals surface area (Å²) in [6.45, 7) is 4.57. The van der Waals surface area contributed by atoms with Gasteiger partial charge in [0.1, 0.15) is 5.75 Å². The number of methoxy groups -OCH3 is 1. The van der Waals surface area contributed by atoms with Crippen LogP contribution in [0.2, 0.25) is 0 Å². The number of fused-ring (bicyclic) bond motifs is 2. The van der Waals surface area contributed by atoms with E-state index in [1.165, 1.54) is 28.2 Å². The predicted molar refractivity (Wildman–Crippen MR) is 99.8 cm³/mol. The molecule has 0 amide bonds. The summed E-state index contributed by atoms with van der Waals surface area (Å²) in [5.41, 5.74) is 6.16. The van der Waals surface area contributed by atoms with Crippen LogP contribution in [0, 0.1) is 0 Å². The molecule has 0 bridgehead atoms. The van der Waals surface area contributed by atoms with Gasteiger partial charge in [0.2, 0.25) is 0 Å². The molecule has 1 heterocycles. The summed E-state index contributed by atoms with van der Waals surface area (Å²) < 4.78 is 5.48. The standard InChI is InChI=1S/C22H21NO/c1-22(2)18-11-7-8-12-20(18)23(16-9-5-4-6-10-16)21-14-13-17(24-3)15-19(21)22/h4-15H,1-3H3. The van der Waals surface area contributed by atoms with Crippen LogP contribution in [0.1, 0.15) is 25.0 Å². The molecule has 0 saturated carbocycles. The Hall–Kier alpha value is -2.74. The molecule has 120 valence electrons. The average molecular weight is 315 g/mol. The van der Waals surface area contributed by atoms with Crippen molar-refractivity contribution in [2.45, 2.75) is 19.3 Å². The smallest absolute Gasteiger partial charge is 0.119 e. The number of hydrogen-bond donors (Lipinski definition) is 0. The van der Waals surface area contributed by atoms with Crippen molar-refractivity contribution in [2.24, 2.45) is 0 Å². The zero-order chi connectivity index (χ0) is 16.7. The van der Waals surface area contributed by atoms with Gasteiger partial charge in [0.25, 0.3) is 0 Å². The first-order chi connectivity index (χ1) is 11.6. The minimum atomic E-state index is -0.0776. The molecule has 3 aromatic rings. The van der Waals surface area contributed by atoms with Gasteiger partial charge in [-0.2, -0.15) is 0 Å². The number of ether oxygens (including phenoxy) is 1. The number of para-hydroxylation sites is 2. The molecule has 0 N–H and O–H groups in total. The fraction of sp³-hybridized carbons (Fsp3) is 0.182. The molecule has 0 atom stereocenters. The number of anilines is 3. The van der Waals surface area contributed by atoms with E-state index in [0.717, 1.165) is 5.75 Å². The SMILES string of the molecule is COc1ccc2c(c1)C(C)(C)c1ccccc1N2c1ccccc1. The summed E-state index contributed by atoms with van der Waals surface area (Å²) >= 11 is 0. The lowest BCUT2D eigenvalue weighted by molar-refractivity contribution is 0.413. The summed E-state index contributed by atoms with van der Waals surface area (Å²) in [7, 11) is 1.72. The minimum Gasteiger partial charge on any atom is -0.497 e. The molecule has 0 aliphatic carbocycles. The Morgan fingerprint density at radius 2 is 1.42 bits per heavy atom. The first-order valence-corrected chi connectivity index (χ1v) is 8.26. The van der Waals surface area contributed by atoms with E-state index in [1.807, 2.05) is 6.07 Å². The molecule has 2 nitrogen and oxygen atoms in total. The highest BCUT2D eigenvalue weighted by Gasteiger charge is 2.36. The highest BCUT2D eigenvalue weighted by Crippen LogP contribution is 2.52. The third-order valence-electron chi connectivity index (χ3n) is 4.95. The Kier molecular flexibility index (Phi) is 3.34. The van der Waals surface area contributed by atoms with Crippen molar-refractivity contribution in [1.29, 1.82) is 0 Å². The topological polar surface area (TPSA) is 12.5 Å². The van der Waals surface area contributed by atoms with Crippen LogP contribution in [-0.4, -0.2) is 7.11 Å². The molecule has 0 aromatic heterocycles. The quantitative estimate of drug-likeness (QED) is 0.592. The van der Waals surface area contributed by atoms with Crippen molar-refractivity contribution in [3.63, 3.8) is 0 Å². The van der Waals surface area contributed by atoms with Gasteiger partial charge in [-0.15, -0.1) is 0 Å². The van der Waals surface area contributed by atoms with Gasteiger partial charge in [0, 0.05) is 11.1 Å². The van der Waals surface area contributed by atoms with Crippen LogP contribution in [0.4, 0.5) is 17.1 Å². The molecule has 0 unspecified atom stereocenters. The fourth-order valence-electron chi connectivity index (χ4n) is 3.66. The Bertz CT molecular complexity index is 883. The normalized spacial score (nSPS) is 14.7. The lowest BCUT2D eigenvalue weighted by Crippen LogP contribution is -2.30. The number of hydrogen-bond acceptors (Lipinski definition) is 2. The summed E-state index contributed by atoms with van der Waals surface area (Å²) in [5, 5.41) is 0. The summed E-state index contributed by atoms with van der Waals surface area (Å²) in [4.78, 5) is 2.34. The maximum atomic E-state index is 5.48. The second-order valence-corrected chi connectivity index (χ2v) is 6.70. The van der Waals surface area contributed by atoms with Gasteiger partial charge in [0.05, 0.1) is 18.5 Å². The van der Waals surface area contributed by atoms with Crippen molar-refractivity contribution in [2.75, 3.05) is 12.0 Å². The summed E-state index contributed by atoms with van der Waals surface area (Å²) in [5.74, 6) is 0.897. The number of rotatable bonds is 2. The Balaban J connectivity index is 2.03. The Morgan fingerprint density at radius 3 is 2.17 bits per heavy atom. The maximum absolute atomic E-state index is 5.48. The third kappa shape index (κ3) is 2.10. The Morgan fingerprint density at radius 1 is 0.750 bits per heavy atom. The van der Waals surface area contributed by atoms with Crippen molar-refractivity contribution in [3.05, 3.63) is 83.9 Å². The van der Waals surface area contributed by atoms with Gasteiger partial charge >= 0.3 is 0 Å². The molecule has 3 aromatic carbocycles. The predicted octanol–water partition coefficient (Wildman–Crippen LogP) is 5.80. The minimum absolute atomic E-state index is 0.0776. The fourth-order valence-corrected chi connectivity index (χ4v) is 3.66. The van der Waals surface area contributed by atoms with Crippen molar-refractivity contribution < 1.29 is 4.74 Å². The molecular formula is C22H21NO. The van der Waals surface area contributed by atoms with Crippen LogP contribution < -0.4 is 9.64 Å². The van der Waals surface area contributed by atoms with E-state index in [4.69, 9.17) is 4.74 Å². The highest BCUT2D eigenvalue weighted by molar-refractivity contribution is 5.86. The first-order valence-electron chi connectivity index (χ1n) is 8.26. The van der Waals surface area contributed by atoms with E-state index in [1.54, 1.807) is 7.11 Å². The van der Waals surface area contributed by atoms with E-state index >= 15 is 0 Å². The van der Waals surface area contributed by atoms with Crippen LogP contribution in [0.25, 0.3) is 0 Å². The van der Waals surface area contributed by atoms with Gasteiger partial charge in [0.15, 0.2) is 0 Å². The van der Waals surface area contributed by atoms with E-state index in [0.29, 0.717) is 0 Å². The highest BCUT2D eigenvalue weighted by atomic mass is 16.5. The van der Waals surface area contributed by atoms with Gasteiger partial charge in [-0.3, -0.25) is 0 Å². The number of benzene rings is 3. The van der Waals surface area contributed by atoms with Crippen LogP contribution >= 0.6 is 0 Å². The zero-order valence-electron chi connectivity index (χ0n) is 14.3. The first kappa shape index (κ1) is 14.8. The second kappa shape index (κ2) is 5.41. The molecule has 0 fully saturated rings. The molecule has 1 aliphatic rings. The molecule has 0 saturated heterocycles. The summed E-state index contributed by atoms with van der Waals surface area (Å²) in [6, 6.07) is 25.6. The van der Waals surface area contributed by atoms with E-state index < -0.39 is 0 Å². The summed E-state index contributed by atoms with van der Waals surface area (Å²) in [6.07, 6.45) is 0. The Labute approximate surface area is 143 Å². The van der Waals surface area contributed by atoms with Crippen LogP contribution in [0.5, 0.6) is 5.75 Å². The van der Waals surface area contributed by atoms with Crippen molar-refractivity contribution in [3.8, 4) is 5.75 Å². The largest absolute Gasteiger partial charge is 0.497 e. The molecule has 4 rings (SSSR count). The zero-order valence-corrected chi connectivity index (χ0v) is 14.3. The van der Waals surface area contributed by atoms with E-state index in [-0.39, 0.29) is 5.41 Å². The average Bonchev–Trinajstić information content (AvgIpc) is 2.63. The van der Waals surface area contributed by atoms with Gasteiger partial charge < -0.3 is 9.64 Å². The van der Waals surface area contributed by atoms with Gasteiger partial charge in [-0.1, -0.05) is 50.2 Å². The molecule has 24 heavy (non-hydrogen) atoms. The van der Waals surface area contributed by atoms with Crippen LogP contribution in [0.15, 0.2) is 72.8 Å². The van der Waals surface area contributed by atoms with Gasteiger partial charge in [-0.05, 0) is 47.5 Å². The molecular weight excluding hydrogens is 294 g/mol. The molecule has 1 aliphatic heterocycles. The van der Waals surface area contributed by atoms with E-state index in [2.05, 4.69) is 85.5 Å². The maximum Gasteiger partial charge on any atom is 0.119 e. The van der Waals surface area contributed by atoms with E-state index in [9.17, 15) is 0 Å². The second-order valence-electron chi connectivity index (χ2n) is 6.70. The lowest BCUT2D eigenvalue weighted by atomic mass is 9.73. The third-order valence-corrected chi connectivity index (χ3v) is 4.95. The van der Waals surface area contributed by atoms with Crippen molar-refractivity contribution in [1.82, 2.24) is 0 Å². The van der Waals surface area contributed by atoms with Crippen molar-refractivity contribution >= 4 is 17.1 Å². The monoisotopic (exact) mass is 315 g/mol. The molecule has 2 heteroatoms. The molecule has 0 radical (unpaired) electrons. The van der Waals surface area contributed by atoms with Gasteiger partial charge in [-0.25, -0.2) is 0 Å². The van der Waals surface area contributed by atoms with Crippen LogP contribution in [-0.2, 0) is 5.41 Å². The molecule has 0 spiro atoms. The number of nitrogens with zero attached hydrogens (tertiary/aromatic N) is 1. The lowest BCUT2D eigenvalue weighted by Gasteiger charge is -2.42. The van der Waals surface area contributed by atoms with Crippen LogP contribution in [0.3, 0.4) is 0 Å².